The summed E-state index contributed by atoms with van der Waals surface area (Å²) in [5.41, 5.74) is 5.72. The SMILES string of the molecule is CCC(N)C(Oc1ccc(C#N)cc1OC)C(F)(F)F. The molecule has 20 heavy (non-hydrogen) atoms. The van der Waals surface area contributed by atoms with E-state index in [4.69, 9.17) is 20.5 Å². The van der Waals surface area contributed by atoms with Gasteiger partial charge in [0, 0.05) is 6.07 Å². The monoisotopic (exact) mass is 288 g/mol. The summed E-state index contributed by atoms with van der Waals surface area (Å²) in [5, 5.41) is 8.74. The average Bonchev–Trinajstić information content (AvgIpc) is 2.42. The maximum Gasteiger partial charge on any atom is 0.426 e. The summed E-state index contributed by atoms with van der Waals surface area (Å²) in [7, 11) is 1.28. The Morgan fingerprint density at radius 1 is 1.35 bits per heavy atom. The number of hydrogen-bond donors (Lipinski definition) is 1. The molecule has 0 spiro atoms. The van der Waals surface area contributed by atoms with Crippen LogP contribution in [-0.4, -0.2) is 25.4 Å². The van der Waals surface area contributed by atoms with E-state index in [1.165, 1.54) is 25.3 Å². The lowest BCUT2D eigenvalue weighted by molar-refractivity contribution is -0.201. The highest BCUT2D eigenvalue weighted by Crippen LogP contribution is 2.33. The van der Waals surface area contributed by atoms with E-state index in [-0.39, 0.29) is 23.5 Å². The van der Waals surface area contributed by atoms with Crippen LogP contribution in [-0.2, 0) is 0 Å². The number of benzene rings is 1. The van der Waals surface area contributed by atoms with Gasteiger partial charge in [0.15, 0.2) is 11.5 Å². The number of rotatable bonds is 5. The predicted molar refractivity (Wildman–Crippen MR) is 66.4 cm³/mol. The fourth-order valence-corrected chi connectivity index (χ4v) is 1.58. The van der Waals surface area contributed by atoms with Crippen LogP contribution in [0.15, 0.2) is 18.2 Å². The molecular formula is C13H15F3N2O2. The topological polar surface area (TPSA) is 68.3 Å². The zero-order valence-corrected chi connectivity index (χ0v) is 11.1. The van der Waals surface area contributed by atoms with Crippen molar-refractivity contribution in [1.29, 1.82) is 5.26 Å². The van der Waals surface area contributed by atoms with Crippen molar-refractivity contribution in [2.24, 2.45) is 5.73 Å². The Labute approximate surface area is 114 Å². The van der Waals surface area contributed by atoms with Gasteiger partial charge in [-0.2, -0.15) is 18.4 Å². The van der Waals surface area contributed by atoms with Gasteiger partial charge >= 0.3 is 6.18 Å². The first-order valence-corrected chi connectivity index (χ1v) is 5.90. The minimum atomic E-state index is -4.59. The van der Waals surface area contributed by atoms with E-state index >= 15 is 0 Å². The number of methoxy groups -OCH3 is 1. The molecule has 0 saturated carbocycles. The van der Waals surface area contributed by atoms with Crippen LogP contribution in [0.4, 0.5) is 13.2 Å². The van der Waals surface area contributed by atoms with Crippen LogP contribution in [0.2, 0.25) is 0 Å². The average molecular weight is 288 g/mol. The normalized spacial score (nSPS) is 14.2. The van der Waals surface area contributed by atoms with Gasteiger partial charge in [0.05, 0.1) is 24.8 Å². The smallest absolute Gasteiger partial charge is 0.426 e. The van der Waals surface area contributed by atoms with Crippen LogP contribution < -0.4 is 15.2 Å². The lowest BCUT2D eigenvalue weighted by Gasteiger charge is -2.27. The molecule has 0 aliphatic heterocycles. The van der Waals surface area contributed by atoms with Crippen molar-refractivity contribution in [3.05, 3.63) is 23.8 Å². The Bertz CT molecular complexity index is 497. The molecule has 0 bridgehead atoms. The number of nitriles is 1. The first-order valence-electron chi connectivity index (χ1n) is 5.90. The van der Waals surface area contributed by atoms with E-state index in [9.17, 15) is 13.2 Å². The van der Waals surface area contributed by atoms with Crippen LogP contribution in [0.3, 0.4) is 0 Å². The highest BCUT2D eigenvalue weighted by atomic mass is 19.4. The zero-order chi connectivity index (χ0) is 15.3. The summed E-state index contributed by atoms with van der Waals surface area (Å²) >= 11 is 0. The van der Waals surface area contributed by atoms with E-state index in [0.29, 0.717) is 0 Å². The molecule has 0 saturated heterocycles. The van der Waals surface area contributed by atoms with Crippen molar-refractivity contribution in [2.45, 2.75) is 31.7 Å². The Morgan fingerprint density at radius 3 is 2.45 bits per heavy atom. The van der Waals surface area contributed by atoms with Crippen LogP contribution in [0, 0.1) is 11.3 Å². The molecule has 2 unspecified atom stereocenters. The second-order valence-electron chi connectivity index (χ2n) is 4.13. The molecule has 0 aliphatic carbocycles. The quantitative estimate of drug-likeness (QED) is 0.904. The molecule has 110 valence electrons. The largest absolute Gasteiger partial charge is 0.493 e. The number of ether oxygens (including phenoxy) is 2. The molecule has 0 radical (unpaired) electrons. The number of alkyl halides is 3. The molecule has 7 heteroatoms. The van der Waals surface area contributed by atoms with Gasteiger partial charge in [0.1, 0.15) is 0 Å². The maximum atomic E-state index is 12.9. The molecule has 1 aromatic rings. The Kier molecular flexibility index (Phi) is 5.22. The third kappa shape index (κ3) is 3.78. The molecule has 1 rings (SSSR count). The van der Waals surface area contributed by atoms with Crippen molar-refractivity contribution >= 4 is 0 Å². The van der Waals surface area contributed by atoms with E-state index in [1.807, 2.05) is 6.07 Å². The number of nitrogens with two attached hydrogens (primary N) is 1. The van der Waals surface area contributed by atoms with Crippen LogP contribution >= 0.6 is 0 Å². The van der Waals surface area contributed by atoms with Crippen molar-refractivity contribution in [2.75, 3.05) is 7.11 Å². The van der Waals surface area contributed by atoms with E-state index in [0.717, 1.165) is 0 Å². The Morgan fingerprint density at radius 2 is 2.00 bits per heavy atom. The summed E-state index contributed by atoms with van der Waals surface area (Å²) < 4.78 is 48.7. The van der Waals surface area contributed by atoms with Crippen LogP contribution in [0.1, 0.15) is 18.9 Å². The van der Waals surface area contributed by atoms with E-state index in [2.05, 4.69) is 0 Å². The second kappa shape index (κ2) is 6.48. The molecule has 0 amide bonds. The minimum Gasteiger partial charge on any atom is -0.493 e. The van der Waals surface area contributed by atoms with Crippen molar-refractivity contribution in [1.82, 2.24) is 0 Å². The van der Waals surface area contributed by atoms with Crippen molar-refractivity contribution < 1.29 is 22.6 Å². The highest BCUT2D eigenvalue weighted by molar-refractivity contribution is 5.46. The van der Waals surface area contributed by atoms with Crippen LogP contribution in [0.25, 0.3) is 0 Å². The van der Waals surface area contributed by atoms with Crippen LogP contribution in [0.5, 0.6) is 11.5 Å². The van der Waals surface area contributed by atoms with Gasteiger partial charge in [-0.05, 0) is 18.6 Å². The summed E-state index contributed by atoms with van der Waals surface area (Å²) in [6, 6.07) is 4.60. The number of nitrogens with zero attached hydrogens (tertiary/aromatic N) is 1. The summed E-state index contributed by atoms with van der Waals surface area (Å²) in [6.07, 6.45) is -6.61. The Balaban J connectivity index is 3.09. The number of halogens is 3. The third-order valence-electron chi connectivity index (χ3n) is 2.73. The van der Waals surface area contributed by atoms with Gasteiger partial charge in [-0.3, -0.25) is 0 Å². The minimum absolute atomic E-state index is 0.0570. The fourth-order valence-electron chi connectivity index (χ4n) is 1.58. The van der Waals surface area contributed by atoms with Crippen molar-refractivity contribution in [3.8, 4) is 17.6 Å². The van der Waals surface area contributed by atoms with Crippen molar-refractivity contribution in [3.63, 3.8) is 0 Å². The molecule has 0 fully saturated rings. The van der Waals surface area contributed by atoms with E-state index < -0.39 is 18.3 Å². The first kappa shape index (κ1) is 16.1. The second-order valence-corrected chi connectivity index (χ2v) is 4.13. The summed E-state index contributed by atoms with van der Waals surface area (Å²) in [4.78, 5) is 0. The molecule has 2 N–H and O–H groups in total. The maximum absolute atomic E-state index is 12.9. The van der Waals surface area contributed by atoms with Gasteiger partial charge < -0.3 is 15.2 Å². The molecule has 0 aliphatic rings. The standard InChI is InChI=1S/C13H15F3N2O2/c1-3-9(18)12(13(14,15)16)20-10-5-4-8(7-17)6-11(10)19-2/h4-6,9,12H,3,18H2,1-2H3. The zero-order valence-electron chi connectivity index (χ0n) is 11.1. The molecular weight excluding hydrogens is 273 g/mol. The molecule has 1 aromatic carbocycles. The predicted octanol–water partition coefficient (Wildman–Crippen LogP) is 2.61. The number of hydrogen-bond acceptors (Lipinski definition) is 4. The molecule has 2 atom stereocenters. The summed E-state index contributed by atoms with van der Waals surface area (Å²) in [6.45, 7) is 1.54. The highest BCUT2D eigenvalue weighted by Gasteiger charge is 2.45. The summed E-state index contributed by atoms with van der Waals surface area (Å²) in [5.74, 6) is -0.0423. The van der Waals surface area contributed by atoms with Gasteiger partial charge in [-0.25, -0.2) is 0 Å². The lowest BCUT2D eigenvalue weighted by Crippen LogP contribution is -2.48. The first-order chi connectivity index (χ1) is 9.33. The molecule has 0 heterocycles. The fraction of sp³-hybridized carbons (Fsp3) is 0.462. The lowest BCUT2D eigenvalue weighted by atomic mass is 10.1. The third-order valence-corrected chi connectivity index (χ3v) is 2.73. The van der Waals surface area contributed by atoms with Gasteiger partial charge in [0.2, 0.25) is 6.10 Å². The van der Waals surface area contributed by atoms with Gasteiger partial charge in [0.25, 0.3) is 0 Å². The van der Waals surface area contributed by atoms with Gasteiger partial charge in [-0.1, -0.05) is 6.92 Å². The Hall–Kier alpha value is -1.94. The molecule has 4 nitrogen and oxygen atoms in total. The van der Waals surface area contributed by atoms with Gasteiger partial charge in [-0.15, -0.1) is 0 Å². The van der Waals surface area contributed by atoms with E-state index in [1.54, 1.807) is 6.92 Å². The molecule has 0 aromatic heterocycles.